The highest BCUT2D eigenvalue weighted by atomic mass is 79.9. The first kappa shape index (κ1) is 26.9. The Morgan fingerprint density at radius 1 is 0.705 bits per heavy atom. The number of hydrogen-bond acceptors (Lipinski definition) is 0. The summed E-state index contributed by atoms with van der Waals surface area (Å²) in [5.41, 5.74) is 11.0. The molecule has 0 saturated heterocycles. The van der Waals surface area contributed by atoms with Crippen LogP contribution in [0.4, 0.5) is 0 Å². The van der Waals surface area contributed by atoms with Gasteiger partial charge in [-0.2, -0.15) is 0 Å². The maximum Gasteiger partial charge on any atom is 0.0711 e. The molecule has 1 aromatic heterocycles. The van der Waals surface area contributed by atoms with E-state index >= 15 is 0 Å². The van der Waals surface area contributed by atoms with Crippen LogP contribution in [0, 0.1) is 0 Å². The summed E-state index contributed by atoms with van der Waals surface area (Å²) >= 11 is 3.79. The first-order valence-electron chi connectivity index (χ1n) is 15.4. The molecular formula is C42H32BrN. The van der Waals surface area contributed by atoms with Gasteiger partial charge in [0.1, 0.15) is 0 Å². The fraction of sp³-hybridized carbons (Fsp3) is 0.0952. The molecule has 1 aliphatic rings. The lowest BCUT2D eigenvalue weighted by Crippen LogP contribution is -2.29. The van der Waals surface area contributed by atoms with Gasteiger partial charge in [0, 0.05) is 20.9 Å². The maximum absolute atomic E-state index is 3.79. The third kappa shape index (κ3) is 3.77. The van der Waals surface area contributed by atoms with E-state index in [0.29, 0.717) is 0 Å². The van der Waals surface area contributed by atoms with Crippen LogP contribution in [-0.4, -0.2) is 4.57 Å². The molecule has 2 heteroatoms. The van der Waals surface area contributed by atoms with Gasteiger partial charge in [-0.05, 0) is 87.8 Å². The second kappa shape index (κ2) is 10.5. The van der Waals surface area contributed by atoms with Gasteiger partial charge in [-0.3, -0.25) is 0 Å². The molecule has 1 aliphatic carbocycles. The van der Waals surface area contributed by atoms with E-state index in [-0.39, 0.29) is 0 Å². The molecule has 1 unspecified atom stereocenters. The van der Waals surface area contributed by atoms with E-state index in [9.17, 15) is 0 Å². The lowest BCUT2D eigenvalue weighted by molar-refractivity contribution is 0.760. The third-order valence-corrected chi connectivity index (χ3v) is 9.81. The van der Waals surface area contributed by atoms with E-state index in [1.807, 2.05) is 0 Å². The summed E-state index contributed by atoms with van der Waals surface area (Å²) in [6.07, 6.45) is 7.87. The highest BCUT2D eigenvalue weighted by molar-refractivity contribution is 9.10. The molecule has 0 saturated carbocycles. The monoisotopic (exact) mass is 629 g/mol. The number of benzene rings is 6. The Morgan fingerprint density at radius 3 is 2.32 bits per heavy atom. The van der Waals surface area contributed by atoms with Crippen molar-refractivity contribution in [1.82, 2.24) is 4.57 Å². The zero-order valence-electron chi connectivity index (χ0n) is 24.9. The highest BCUT2D eigenvalue weighted by Crippen LogP contribution is 2.57. The molecule has 8 rings (SSSR count). The van der Waals surface area contributed by atoms with Gasteiger partial charge in [0.15, 0.2) is 0 Å². The standard InChI is InChI=1S/C42H32BrN/c1-3-12-29(13-4-2)42(30-15-6-5-7-16-30)37-19-11-10-18-34(37)35-24-22-32(27-38(35)42)44-39-25-20-28-14-8-9-17-33(28)41(39)36-23-21-31(43)26-40(36)44/h3,5-27H,4H2,1-2H3/b12-3-,29-13+. The van der Waals surface area contributed by atoms with Gasteiger partial charge in [0.2, 0.25) is 0 Å². The Labute approximate surface area is 266 Å². The molecule has 44 heavy (non-hydrogen) atoms. The third-order valence-electron chi connectivity index (χ3n) is 9.31. The van der Waals surface area contributed by atoms with Crippen LogP contribution in [-0.2, 0) is 5.41 Å². The van der Waals surface area contributed by atoms with Crippen LogP contribution in [0.3, 0.4) is 0 Å². The summed E-state index contributed by atoms with van der Waals surface area (Å²) in [6.45, 7) is 4.36. The summed E-state index contributed by atoms with van der Waals surface area (Å²) in [5.74, 6) is 0. The van der Waals surface area contributed by atoms with Gasteiger partial charge >= 0.3 is 0 Å². The molecular weight excluding hydrogens is 598 g/mol. The van der Waals surface area contributed by atoms with Crippen molar-refractivity contribution in [3.63, 3.8) is 0 Å². The Hall–Kier alpha value is -4.66. The van der Waals surface area contributed by atoms with E-state index in [0.717, 1.165) is 10.9 Å². The number of allylic oxidation sites excluding steroid dienone is 4. The summed E-state index contributed by atoms with van der Waals surface area (Å²) < 4.78 is 3.53. The molecule has 212 valence electrons. The highest BCUT2D eigenvalue weighted by Gasteiger charge is 2.46. The SMILES string of the molecule is C/C=C\C(=C/CC)C1(c2ccccc2)c2ccccc2-c2ccc(-n3c4cc(Br)ccc4c4c5ccccc5ccc43)cc21. The topological polar surface area (TPSA) is 4.93 Å². The van der Waals surface area contributed by atoms with Gasteiger partial charge < -0.3 is 4.57 Å². The van der Waals surface area contributed by atoms with Crippen molar-refractivity contribution >= 4 is 48.5 Å². The van der Waals surface area contributed by atoms with Crippen molar-refractivity contribution in [3.05, 3.63) is 172 Å². The van der Waals surface area contributed by atoms with Crippen LogP contribution in [0.15, 0.2) is 156 Å². The van der Waals surface area contributed by atoms with E-state index < -0.39 is 5.41 Å². The number of nitrogens with zero attached hydrogens (tertiary/aromatic N) is 1. The molecule has 7 aromatic rings. The number of aromatic nitrogens is 1. The average molecular weight is 631 g/mol. The number of rotatable bonds is 5. The Morgan fingerprint density at radius 2 is 1.48 bits per heavy atom. The fourth-order valence-electron chi connectivity index (χ4n) is 7.67. The molecule has 1 atom stereocenters. The molecule has 0 aliphatic heterocycles. The normalized spacial score (nSPS) is 16.3. The van der Waals surface area contributed by atoms with Crippen LogP contribution < -0.4 is 0 Å². The van der Waals surface area contributed by atoms with Crippen LogP contribution in [0.1, 0.15) is 37.0 Å². The second-order valence-electron chi connectivity index (χ2n) is 11.6. The second-order valence-corrected chi connectivity index (χ2v) is 12.6. The van der Waals surface area contributed by atoms with Gasteiger partial charge in [-0.15, -0.1) is 0 Å². The largest absolute Gasteiger partial charge is 0.309 e. The van der Waals surface area contributed by atoms with Crippen LogP contribution >= 0.6 is 15.9 Å². The molecule has 0 spiro atoms. The Balaban J connectivity index is 1.51. The lowest BCUT2D eigenvalue weighted by atomic mass is 9.66. The summed E-state index contributed by atoms with van der Waals surface area (Å²) in [5, 5.41) is 5.10. The molecule has 1 nitrogen and oxygen atoms in total. The minimum Gasteiger partial charge on any atom is -0.309 e. The van der Waals surface area contributed by atoms with E-state index in [1.54, 1.807) is 0 Å². The van der Waals surface area contributed by atoms with Gasteiger partial charge in [0.05, 0.1) is 16.4 Å². The zero-order chi connectivity index (χ0) is 29.8. The van der Waals surface area contributed by atoms with E-state index in [1.165, 1.54) is 71.7 Å². The van der Waals surface area contributed by atoms with Crippen molar-refractivity contribution in [3.8, 4) is 16.8 Å². The van der Waals surface area contributed by atoms with Crippen molar-refractivity contribution in [2.45, 2.75) is 25.7 Å². The van der Waals surface area contributed by atoms with Crippen LogP contribution in [0.5, 0.6) is 0 Å². The molecule has 1 heterocycles. The van der Waals surface area contributed by atoms with Crippen molar-refractivity contribution in [2.24, 2.45) is 0 Å². The number of halogens is 1. The van der Waals surface area contributed by atoms with E-state index in [4.69, 9.17) is 0 Å². The molecule has 0 fully saturated rings. The number of fused-ring (bicyclic) bond motifs is 8. The number of hydrogen-bond donors (Lipinski definition) is 0. The molecule has 0 bridgehead atoms. The first-order chi connectivity index (χ1) is 21.7. The summed E-state index contributed by atoms with van der Waals surface area (Å²) in [6, 6.07) is 47.2. The van der Waals surface area contributed by atoms with Crippen molar-refractivity contribution in [1.29, 1.82) is 0 Å². The van der Waals surface area contributed by atoms with Crippen molar-refractivity contribution in [2.75, 3.05) is 0 Å². The first-order valence-corrected chi connectivity index (χ1v) is 16.2. The maximum atomic E-state index is 3.79. The average Bonchev–Trinajstić information content (AvgIpc) is 3.55. The van der Waals surface area contributed by atoms with E-state index in [2.05, 4.69) is 180 Å². The molecule has 0 N–H and O–H groups in total. The minimum atomic E-state index is -0.433. The fourth-order valence-corrected chi connectivity index (χ4v) is 8.02. The van der Waals surface area contributed by atoms with Gasteiger partial charge in [-0.25, -0.2) is 0 Å². The lowest BCUT2D eigenvalue weighted by Gasteiger charge is -2.35. The summed E-state index contributed by atoms with van der Waals surface area (Å²) in [7, 11) is 0. The molecule has 6 aromatic carbocycles. The van der Waals surface area contributed by atoms with Crippen molar-refractivity contribution < 1.29 is 0 Å². The Kier molecular flexibility index (Phi) is 6.43. The summed E-state index contributed by atoms with van der Waals surface area (Å²) in [4.78, 5) is 0. The quantitative estimate of drug-likeness (QED) is 0.167. The zero-order valence-corrected chi connectivity index (χ0v) is 26.5. The Bertz CT molecular complexity index is 2290. The van der Waals surface area contributed by atoms with Crippen LogP contribution in [0.2, 0.25) is 0 Å². The minimum absolute atomic E-state index is 0.433. The smallest absolute Gasteiger partial charge is 0.0711 e. The predicted molar refractivity (Wildman–Crippen MR) is 191 cm³/mol. The predicted octanol–water partition coefficient (Wildman–Crippen LogP) is 11.9. The van der Waals surface area contributed by atoms with Gasteiger partial charge in [-0.1, -0.05) is 138 Å². The van der Waals surface area contributed by atoms with Gasteiger partial charge in [0.25, 0.3) is 0 Å². The molecule has 0 amide bonds. The molecule has 0 radical (unpaired) electrons. The van der Waals surface area contributed by atoms with Crippen LogP contribution in [0.25, 0.3) is 49.4 Å².